The Balaban J connectivity index is 1.50. The number of fused-ring (bicyclic) bond motifs is 2. The summed E-state index contributed by atoms with van der Waals surface area (Å²) in [5.41, 5.74) is 0. The Labute approximate surface area is 117 Å². The molecule has 108 valence electrons. The summed E-state index contributed by atoms with van der Waals surface area (Å²) in [5.74, 6) is 3.20. The lowest BCUT2D eigenvalue weighted by Gasteiger charge is -2.37. The lowest BCUT2D eigenvalue weighted by molar-refractivity contribution is -0.139. The average molecular weight is 264 g/mol. The van der Waals surface area contributed by atoms with Crippen LogP contribution in [0.4, 0.5) is 0 Å². The minimum atomic E-state index is 0.385. The van der Waals surface area contributed by atoms with Gasteiger partial charge in [-0.05, 0) is 37.0 Å². The first-order valence-electron chi connectivity index (χ1n) is 8.14. The number of amides is 1. The number of hydrogen-bond donors (Lipinski definition) is 0. The molecule has 3 aliphatic rings. The van der Waals surface area contributed by atoms with E-state index >= 15 is 0 Å². The fourth-order valence-corrected chi connectivity index (χ4v) is 4.45. The maximum Gasteiger partial charge on any atom is 0.226 e. The van der Waals surface area contributed by atoms with Crippen LogP contribution < -0.4 is 0 Å². The van der Waals surface area contributed by atoms with Gasteiger partial charge >= 0.3 is 0 Å². The van der Waals surface area contributed by atoms with Gasteiger partial charge in [0.15, 0.2) is 0 Å². The van der Waals surface area contributed by atoms with Gasteiger partial charge in [-0.1, -0.05) is 20.3 Å². The SMILES string of the molecule is CC(C)CN1CCN(C(=O)C2CC3CCC2C3)CC1. The average Bonchev–Trinajstić information content (AvgIpc) is 3.00. The molecule has 0 spiro atoms. The van der Waals surface area contributed by atoms with E-state index in [0.29, 0.717) is 11.8 Å². The monoisotopic (exact) mass is 264 g/mol. The van der Waals surface area contributed by atoms with E-state index in [9.17, 15) is 4.79 Å². The van der Waals surface area contributed by atoms with E-state index in [4.69, 9.17) is 0 Å². The molecule has 19 heavy (non-hydrogen) atoms. The quantitative estimate of drug-likeness (QED) is 0.780. The van der Waals surface area contributed by atoms with Gasteiger partial charge in [0.2, 0.25) is 5.91 Å². The smallest absolute Gasteiger partial charge is 0.226 e. The molecule has 2 bridgehead atoms. The Hall–Kier alpha value is -0.570. The van der Waals surface area contributed by atoms with Crippen LogP contribution in [-0.2, 0) is 4.79 Å². The third-order valence-electron chi connectivity index (χ3n) is 5.36. The number of carbonyl (C=O) groups excluding carboxylic acids is 1. The fraction of sp³-hybridized carbons (Fsp3) is 0.938. The summed E-state index contributed by atoms with van der Waals surface area (Å²) in [4.78, 5) is 17.3. The zero-order chi connectivity index (χ0) is 13.4. The van der Waals surface area contributed by atoms with Crippen molar-refractivity contribution in [2.45, 2.75) is 39.5 Å². The lowest BCUT2D eigenvalue weighted by atomic mass is 9.87. The van der Waals surface area contributed by atoms with Gasteiger partial charge in [-0.15, -0.1) is 0 Å². The van der Waals surface area contributed by atoms with Gasteiger partial charge in [-0.25, -0.2) is 0 Å². The highest BCUT2D eigenvalue weighted by Gasteiger charge is 2.44. The molecule has 3 heteroatoms. The Morgan fingerprint density at radius 2 is 1.84 bits per heavy atom. The maximum atomic E-state index is 12.6. The molecule has 0 radical (unpaired) electrons. The van der Waals surface area contributed by atoms with Gasteiger partial charge in [0, 0.05) is 38.6 Å². The van der Waals surface area contributed by atoms with E-state index in [0.717, 1.165) is 43.9 Å². The summed E-state index contributed by atoms with van der Waals surface area (Å²) in [6, 6.07) is 0. The van der Waals surface area contributed by atoms with Crippen LogP contribution in [0.25, 0.3) is 0 Å². The summed E-state index contributed by atoms with van der Waals surface area (Å²) < 4.78 is 0. The second-order valence-electron chi connectivity index (χ2n) is 7.30. The molecule has 1 saturated heterocycles. The van der Waals surface area contributed by atoms with Crippen LogP contribution in [0.15, 0.2) is 0 Å². The minimum absolute atomic E-state index is 0.385. The summed E-state index contributed by atoms with van der Waals surface area (Å²) in [7, 11) is 0. The standard InChI is InChI=1S/C16H28N2O/c1-12(2)11-17-5-7-18(8-6-17)16(19)15-10-13-3-4-14(15)9-13/h12-15H,3-11H2,1-2H3. The van der Waals surface area contributed by atoms with Crippen molar-refractivity contribution >= 4 is 5.91 Å². The highest BCUT2D eigenvalue weighted by atomic mass is 16.2. The number of hydrogen-bond acceptors (Lipinski definition) is 2. The molecule has 3 nitrogen and oxygen atoms in total. The molecule has 2 saturated carbocycles. The Morgan fingerprint density at radius 3 is 2.37 bits per heavy atom. The largest absolute Gasteiger partial charge is 0.340 e. The molecule has 2 aliphatic carbocycles. The van der Waals surface area contributed by atoms with E-state index < -0.39 is 0 Å². The molecule has 0 aromatic carbocycles. The van der Waals surface area contributed by atoms with Crippen molar-refractivity contribution in [3.8, 4) is 0 Å². The number of piperazine rings is 1. The van der Waals surface area contributed by atoms with Crippen molar-refractivity contribution in [2.24, 2.45) is 23.7 Å². The third-order valence-corrected chi connectivity index (χ3v) is 5.36. The van der Waals surface area contributed by atoms with Crippen molar-refractivity contribution in [2.75, 3.05) is 32.7 Å². The van der Waals surface area contributed by atoms with E-state index in [2.05, 4.69) is 23.6 Å². The van der Waals surface area contributed by atoms with Crippen molar-refractivity contribution < 1.29 is 4.79 Å². The molecule has 3 fully saturated rings. The predicted molar refractivity (Wildman–Crippen MR) is 76.8 cm³/mol. The van der Waals surface area contributed by atoms with E-state index in [1.54, 1.807) is 0 Å². The normalized spacial score (nSPS) is 35.3. The van der Waals surface area contributed by atoms with Gasteiger partial charge in [-0.2, -0.15) is 0 Å². The molecular formula is C16H28N2O. The summed E-state index contributed by atoms with van der Waals surface area (Å²) in [5, 5.41) is 0. The molecule has 1 heterocycles. The second-order valence-corrected chi connectivity index (χ2v) is 7.30. The van der Waals surface area contributed by atoms with Crippen LogP contribution in [0.2, 0.25) is 0 Å². The highest BCUT2D eigenvalue weighted by molar-refractivity contribution is 5.79. The van der Waals surface area contributed by atoms with Gasteiger partial charge in [0.1, 0.15) is 0 Å². The van der Waals surface area contributed by atoms with E-state index in [1.165, 1.54) is 32.2 Å². The molecule has 3 unspecified atom stereocenters. The van der Waals surface area contributed by atoms with Gasteiger partial charge in [-0.3, -0.25) is 9.69 Å². The fourth-order valence-electron chi connectivity index (χ4n) is 4.45. The zero-order valence-corrected chi connectivity index (χ0v) is 12.5. The van der Waals surface area contributed by atoms with Crippen LogP contribution >= 0.6 is 0 Å². The number of carbonyl (C=O) groups is 1. The topological polar surface area (TPSA) is 23.6 Å². The second kappa shape index (κ2) is 5.43. The molecule has 3 rings (SSSR count). The lowest BCUT2D eigenvalue weighted by Crippen LogP contribution is -2.51. The zero-order valence-electron chi connectivity index (χ0n) is 12.5. The van der Waals surface area contributed by atoms with Crippen LogP contribution in [0, 0.1) is 23.7 Å². The van der Waals surface area contributed by atoms with E-state index in [1.807, 2.05) is 0 Å². The van der Waals surface area contributed by atoms with Crippen molar-refractivity contribution in [1.29, 1.82) is 0 Å². The third kappa shape index (κ3) is 2.81. The summed E-state index contributed by atoms with van der Waals surface area (Å²) in [6.07, 6.45) is 5.23. The maximum absolute atomic E-state index is 12.6. The Bertz CT molecular complexity index is 334. The van der Waals surface area contributed by atoms with Crippen molar-refractivity contribution in [3.05, 3.63) is 0 Å². The first kappa shape index (κ1) is 13.4. The molecule has 3 atom stereocenters. The van der Waals surface area contributed by atoms with Crippen molar-refractivity contribution in [1.82, 2.24) is 9.80 Å². The highest BCUT2D eigenvalue weighted by Crippen LogP contribution is 2.48. The van der Waals surface area contributed by atoms with Gasteiger partial charge in [0.05, 0.1) is 0 Å². The first-order valence-corrected chi connectivity index (χ1v) is 8.14. The number of rotatable bonds is 3. The number of nitrogens with zero attached hydrogens (tertiary/aromatic N) is 2. The van der Waals surface area contributed by atoms with Crippen LogP contribution in [0.3, 0.4) is 0 Å². The van der Waals surface area contributed by atoms with E-state index in [-0.39, 0.29) is 0 Å². The molecular weight excluding hydrogens is 236 g/mol. The van der Waals surface area contributed by atoms with Crippen molar-refractivity contribution in [3.63, 3.8) is 0 Å². The Morgan fingerprint density at radius 1 is 1.11 bits per heavy atom. The summed E-state index contributed by atoms with van der Waals surface area (Å²) in [6.45, 7) is 9.78. The minimum Gasteiger partial charge on any atom is -0.340 e. The van der Waals surface area contributed by atoms with Gasteiger partial charge in [0.25, 0.3) is 0 Å². The molecule has 0 N–H and O–H groups in total. The van der Waals surface area contributed by atoms with Gasteiger partial charge < -0.3 is 4.90 Å². The van der Waals surface area contributed by atoms with Crippen LogP contribution in [-0.4, -0.2) is 48.4 Å². The predicted octanol–water partition coefficient (Wildman–Crippen LogP) is 2.22. The Kier molecular flexibility index (Phi) is 3.84. The molecule has 0 aromatic rings. The van der Waals surface area contributed by atoms with Crippen LogP contribution in [0.5, 0.6) is 0 Å². The molecule has 1 aliphatic heterocycles. The van der Waals surface area contributed by atoms with Crippen LogP contribution in [0.1, 0.15) is 39.5 Å². The first-order chi connectivity index (χ1) is 9.13. The summed E-state index contributed by atoms with van der Waals surface area (Å²) >= 11 is 0. The molecule has 1 amide bonds. The molecule has 0 aromatic heterocycles.